The first-order chi connectivity index (χ1) is 20.3. The first-order valence-corrected chi connectivity index (χ1v) is 14.9. The Labute approximate surface area is 258 Å². The molecule has 1 aliphatic rings. The normalized spacial score (nSPS) is 16.5. The number of pyridine rings is 1. The summed E-state index contributed by atoms with van der Waals surface area (Å²) in [5.74, 6) is 0. The highest BCUT2D eigenvalue weighted by Gasteiger charge is 2.42. The Morgan fingerprint density at radius 2 is 1.64 bits per heavy atom. The number of nitro benzene ring substituents is 1. The highest BCUT2D eigenvalue weighted by Crippen LogP contribution is 2.44. The molecule has 42 heavy (non-hydrogen) atoms. The summed E-state index contributed by atoms with van der Waals surface area (Å²) in [7, 11) is 0. The summed E-state index contributed by atoms with van der Waals surface area (Å²) in [6, 6.07) is 30.5. The number of hydrogen-bond donors (Lipinski definition) is 1. The van der Waals surface area contributed by atoms with E-state index < -0.39 is 4.92 Å². The van der Waals surface area contributed by atoms with E-state index in [9.17, 15) is 10.1 Å². The van der Waals surface area contributed by atoms with Crippen LogP contribution in [-0.2, 0) is 0 Å². The highest BCUT2D eigenvalue weighted by molar-refractivity contribution is 7.99. The first-order valence-electron chi connectivity index (χ1n) is 13.3. The fraction of sp³-hybridized carbons (Fsp3) is 0.125. The summed E-state index contributed by atoms with van der Waals surface area (Å²) in [4.78, 5) is 19.4. The number of anilines is 1. The molecule has 210 valence electrons. The topological polar surface area (TPSA) is 76.2 Å². The number of non-ortho nitro benzene ring substituents is 1. The van der Waals surface area contributed by atoms with Gasteiger partial charge in [-0.1, -0.05) is 35.5 Å². The van der Waals surface area contributed by atoms with Crippen LogP contribution in [0.4, 0.5) is 11.4 Å². The maximum absolute atomic E-state index is 11.0. The third-order valence-corrected chi connectivity index (χ3v) is 8.92. The zero-order valence-corrected chi connectivity index (χ0v) is 25.2. The van der Waals surface area contributed by atoms with E-state index in [4.69, 9.17) is 23.8 Å². The van der Waals surface area contributed by atoms with Crippen LogP contribution in [0.25, 0.3) is 5.69 Å². The van der Waals surface area contributed by atoms with Gasteiger partial charge in [-0.3, -0.25) is 15.1 Å². The quantitative estimate of drug-likeness (QED) is 0.112. The lowest BCUT2D eigenvalue weighted by atomic mass is 9.96. The molecule has 0 radical (unpaired) electrons. The minimum absolute atomic E-state index is 0.0768. The van der Waals surface area contributed by atoms with Crippen LogP contribution in [0.15, 0.2) is 113 Å². The second kappa shape index (κ2) is 11.6. The van der Waals surface area contributed by atoms with Crippen LogP contribution in [0.2, 0.25) is 5.02 Å². The maximum Gasteiger partial charge on any atom is 0.269 e. The van der Waals surface area contributed by atoms with E-state index in [-0.39, 0.29) is 17.8 Å². The van der Waals surface area contributed by atoms with Crippen molar-refractivity contribution in [1.29, 1.82) is 0 Å². The molecule has 2 aromatic heterocycles. The van der Waals surface area contributed by atoms with Gasteiger partial charge in [0.1, 0.15) is 0 Å². The van der Waals surface area contributed by atoms with Crippen molar-refractivity contribution in [3.63, 3.8) is 0 Å². The summed E-state index contributed by atoms with van der Waals surface area (Å²) in [5.41, 5.74) is 6.28. The Balaban J connectivity index is 1.37. The molecule has 0 bridgehead atoms. The van der Waals surface area contributed by atoms with Gasteiger partial charge < -0.3 is 14.8 Å². The van der Waals surface area contributed by atoms with Gasteiger partial charge in [-0.05, 0) is 104 Å². The van der Waals surface area contributed by atoms with Gasteiger partial charge in [0.25, 0.3) is 5.69 Å². The number of nitrogens with one attached hydrogen (secondary N) is 1. The first kappa shape index (κ1) is 28.0. The number of hydrogen-bond acceptors (Lipinski definition) is 5. The van der Waals surface area contributed by atoms with Crippen molar-refractivity contribution < 1.29 is 4.92 Å². The van der Waals surface area contributed by atoms with Crippen molar-refractivity contribution in [1.82, 2.24) is 14.9 Å². The molecule has 2 atom stereocenters. The van der Waals surface area contributed by atoms with Crippen LogP contribution in [0.5, 0.6) is 0 Å². The second-order valence-electron chi connectivity index (χ2n) is 9.99. The number of nitrogens with zero attached hydrogens (tertiary/aromatic N) is 4. The van der Waals surface area contributed by atoms with E-state index in [2.05, 4.69) is 57.9 Å². The van der Waals surface area contributed by atoms with E-state index in [1.165, 1.54) is 12.1 Å². The molecule has 5 aromatic rings. The third-order valence-electron chi connectivity index (χ3n) is 7.35. The number of aromatic nitrogens is 2. The summed E-state index contributed by atoms with van der Waals surface area (Å²) in [6.45, 7) is 4.23. The van der Waals surface area contributed by atoms with Crippen molar-refractivity contribution in [2.24, 2.45) is 0 Å². The maximum atomic E-state index is 11.0. The van der Waals surface area contributed by atoms with E-state index in [0.29, 0.717) is 10.1 Å². The van der Waals surface area contributed by atoms with Crippen LogP contribution < -0.4 is 10.2 Å². The third kappa shape index (κ3) is 5.38. The van der Waals surface area contributed by atoms with Crippen molar-refractivity contribution in [3.8, 4) is 5.69 Å². The van der Waals surface area contributed by atoms with Crippen molar-refractivity contribution >= 4 is 52.1 Å². The lowest BCUT2D eigenvalue weighted by molar-refractivity contribution is -0.384. The molecule has 1 aliphatic heterocycles. The number of benzene rings is 3. The summed E-state index contributed by atoms with van der Waals surface area (Å²) in [6.07, 6.45) is 1.80. The SMILES string of the molecule is Cc1cc(C2C(c3ccccn3)NC(=S)N2c2ccc(Sc3ccc([N+](=O)[O-])cc3)cc2)c(C)n1-c1cccc(Cl)c1. The standard InChI is InChI=1S/C32H26ClN5O2S2/c1-20-18-28(21(2)36(20)25-7-5-6-22(33)19-25)31-30(29-8-3-4-17-34-29)35-32(41)37(31)23-9-13-26(14-10-23)42-27-15-11-24(12-16-27)38(39)40/h3-19,30-31H,1-2H3,(H,35,41). The smallest absolute Gasteiger partial charge is 0.269 e. The molecule has 10 heteroatoms. The zero-order chi connectivity index (χ0) is 29.4. The average molecular weight is 612 g/mol. The van der Waals surface area contributed by atoms with Gasteiger partial charge in [0, 0.05) is 55.9 Å². The number of aryl methyl sites for hydroxylation is 1. The number of thiocarbonyl (C=S) groups is 1. The molecule has 7 nitrogen and oxygen atoms in total. The Morgan fingerprint density at radius 3 is 2.29 bits per heavy atom. The second-order valence-corrected chi connectivity index (χ2v) is 12.0. The van der Waals surface area contributed by atoms with Gasteiger partial charge in [0.2, 0.25) is 0 Å². The number of halogens is 1. The number of nitro groups is 1. The van der Waals surface area contributed by atoms with E-state index in [0.717, 1.165) is 43.8 Å². The van der Waals surface area contributed by atoms with Crippen LogP contribution in [0.3, 0.4) is 0 Å². The monoisotopic (exact) mass is 611 g/mol. The minimum atomic E-state index is -0.392. The fourth-order valence-electron chi connectivity index (χ4n) is 5.50. The number of rotatable bonds is 7. The lowest BCUT2D eigenvalue weighted by Gasteiger charge is -2.28. The minimum Gasteiger partial charge on any atom is -0.351 e. The Bertz CT molecular complexity index is 1780. The highest BCUT2D eigenvalue weighted by atomic mass is 35.5. The fourth-order valence-corrected chi connectivity index (χ4v) is 6.84. The zero-order valence-electron chi connectivity index (χ0n) is 22.8. The average Bonchev–Trinajstić information content (AvgIpc) is 3.48. The Hall–Kier alpha value is -4.18. The molecule has 1 N–H and O–H groups in total. The van der Waals surface area contributed by atoms with Gasteiger partial charge >= 0.3 is 0 Å². The molecule has 0 amide bonds. The van der Waals surface area contributed by atoms with Crippen LogP contribution in [-0.4, -0.2) is 19.6 Å². The van der Waals surface area contributed by atoms with Gasteiger partial charge in [0.15, 0.2) is 5.11 Å². The van der Waals surface area contributed by atoms with Crippen LogP contribution >= 0.6 is 35.6 Å². The summed E-state index contributed by atoms with van der Waals surface area (Å²) >= 11 is 13.8. The van der Waals surface area contributed by atoms with Crippen LogP contribution in [0, 0.1) is 24.0 Å². The molecular weight excluding hydrogens is 586 g/mol. The summed E-state index contributed by atoms with van der Waals surface area (Å²) < 4.78 is 2.22. The largest absolute Gasteiger partial charge is 0.351 e. The lowest BCUT2D eigenvalue weighted by Crippen LogP contribution is -2.29. The molecule has 6 rings (SSSR count). The Morgan fingerprint density at radius 1 is 0.929 bits per heavy atom. The molecular formula is C32H26ClN5O2S2. The predicted octanol–water partition coefficient (Wildman–Crippen LogP) is 8.38. The molecule has 0 spiro atoms. The van der Waals surface area contributed by atoms with Gasteiger partial charge in [-0.25, -0.2) is 0 Å². The van der Waals surface area contributed by atoms with Crippen LogP contribution in [0.1, 0.15) is 34.7 Å². The van der Waals surface area contributed by atoms with Gasteiger partial charge in [-0.2, -0.15) is 0 Å². The molecule has 1 fully saturated rings. The van der Waals surface area contributed by atoms with E-state index in [1.54, 1.807) is 30.1 Å². The van der Waals surface area contributed by atoms with Gasteiger partial charge in [-0.15, -0.1) is 0 Å². The van der Waals surface area contributed by atoms with Crippen molar-refractivity contribution in [2.75, 3.05) is 4.90 Å². The molecule has 2 unspecified atom stereocenters. The predicted molar refractivity (Wildman–Crippen MR) is 172 cm³/mol. The van der Waals surface area contributed by atoms with Gasteiger partial charge in [0.05, 0.1) is 22.7 Å². The van der Waals surface area contributed by atoms with E-state index in [1.807, 2.05) is 48.5 Å². The molecule has 0 aliphatic carbocycles. The van der Waals surface area contributed by atoms with E-state index >= 15 is 0 Å². The molecule has 1 saturated heterocycles. The molecule has 3 aromatic carbocycles. The summed E-state index contributed by atoms with van der Waals surface area (Å²) in [5, 5.41) is 15.9. The molecule has 0 saturated carbocycles. The Kier molecular flexibility index (Phi) is 7.72. The van der Waals surface area contributed by atoms with Crippen molar-refractivity contribution in [3.05, 3.63) is 141 Å². The molecule has 3 heterocycles. The van der Waals surface area contributed by atoms with Crippen molar-refractivity contribution in [2.45, 2.75) is 35.7 Å².